The molecule has 2 N–H and O–H groups in total. The Morgan fingerprint density at radius 3 is 2.67 bits per heavy atom. The number of methoxy groups -OCH3 is 1. The van der Waals surface area contributed by atoms with Crippen molar-refractivity contribution in [2.24, 2.45) is 4.99 Å². The molecule has 3 aromatic carbocycles. The van der Waals surface area contributed by atoms with Crippen LogP contribution in [0.2, 0.25) is 10.0 Å². The molecule has 10 nitrogen and oxygen atoms in total. The number of ether oxygens (including phenoxy) is 1. The summed E-state index contributed by atoms with van der Waals surface area (Å²) in [4.78, 5) is 24.1. The van der Waals surface area contributed by atoms with Crippen molar-refractivity contribution in [2.45, 2.75) is 12.5 Å². The van der Waals surface area contributed by atoms with Gasteiger partial charge in [0, 0.05) is 6.42 Å². The number of thiazole rings is 2. The molecule has 0 amide bonds. The van der Waals surface area contributed by atoms with Crippen LogP contribution in [0.15, 0.2) is 41.4 Å². The molecule has 1 aliphatic heterocycles. The van der Waals surface area contributed by atoms with Gasteiger partial charge >= 0.3 is 0 Å². The summed E-state index contributed by atoms with van der Waals surface area (Å²) in [6, 6.07) is 7.94. The maximum atomic E-state index is 14.2. The highest BCUT2D eigenvalue weighted by molar-refractivity contribution is 7.23. The maximum Gasteiger partial charge on any atom is 0.299 e. The molecule has 1 unspecified atom stereocenters. The second-order valence-corrected chi connectivity index (χ2v) is 11.2. The zero-order valence-electron chi connectivity index (χ0n) is 20.0. The molecule has 0 radical (unpaired) electrons. The third-order valence-corrected chi connectivity index (χ3v) is 9.16. The number of nitro benzene ring substituents is 1. The molecule has 0 saturated carbocycles. The standard InChI is InChI=1S/C24H14Cl2F2N6O4S2/c1-38-16-6-9(2-5-15(16)35)13-8-17(32-33(13)24-29-12-4-3-10(27)18(25)21(12)40-24)30-23-31-20-14(34(36)37)7-11(28)19(26)22(20)39-23/h2-7,13,35H,8H2,1H3,(H,30,31,32). The number of aromatic hydroxyl groups is 1. The average Bonchev–Trinajstić information content (AvgIpc) is 3.66. The third-order valence-electron chi connectivity index (χ3n) is 6.14. The molecule has 0 bridgehead atoms. The number of amidine groups is 1. The Balaban J connectivity index is 1.45. The number of halogens is 4. The van der Waals surface area contributed by atoms with E-state index in [0.29, 0.717) is 21.2 Å². The van der Waals surface area contributed by atoms with Gasteiger partial charge in [-0.05, 0) is 29.8 Å². The number of nitro groups is 1. The minimum Gasteiger partial charge on any atom is -0.504 e. The molecule has 1 atom stereocenters. The highest BCUT2D eigenvalue weighted by Crippen LogP contribution is 2.43. The summed E-state index contributed by atoms with van der Waals surface area (Å²) in [6.07, 6.45) is 0.284. The number of hydrogen-bond acceptors (Lipinski definition) is 10. The number of phenols is 1. The number of nitrogens with zero attached hydrogens (tertiary/aromatic N) is 5. The number of aromatic nitrogens is 2. The van der Waals surface area contributed by atoms with E-state index >= 15 is 0 Å². The van der Waals surface area contributed by atoms with Gasteiger partial charge in [0.1, 0.15) is 17.5 Å². The lowest BCUT2D eigenvalue weighted by Crippen LogP contribution is -2.34. The van der Waals surface area contributed by atoms with Crippen molar-refractivity contribution in [2.75, 3.05) is 12.1 Å². The molecule has 0 spiro atoms. The first-order valence-corrected chi connectivity index (χ1v) is 13.7. The first kappa shape index (κ1) is 26.4. The average molecular weight is 623 g/mol. The van der Waals surface area contributed by atoms with Crippen LogP contribution in [0.4, 0.5) is 24.7 Å². The maximum absolute atomic E-state index is 14.2. The van der Waals surface area contributed by atoms with Crippen molar-refractivity contribution in [3.8, 4) is 11.5 Å². The second-order valence-electron chi connectivity index (χ2n) is 8.52. The molecule has 3 heterocycles. The number of benzene rings is 3. The molecule has 2 aromatic heterocycles. The highest BCUT2D eigenvalue weighted by Gasteiger charge is 2.34. The fourth-order valence-corrected chi connectivity index (χ4v) is 6.73. The van der Waals surface area contributed by atoms with Gasteiger partial charge in [-0.1, -0.05) is 51.9 Å². The van der Waals surface area contributed by atoms with Gasteiger partial charge < -0.3 is 9.84 Å². The number of fused-ring (bicyclic) bond motifs is 2. The van der Waals surface area contributed by atoms with E-state index in [4.69, 9.17) is 27.9 Å². The first-order chi connectivity index (χ1) is 19.1. The van der Waals surface area contributed by atoms with Crippen LogP contribution < -0.4 is 15.2 Å². The second kappa shape index (κ2) is 9.96. The van der Waals surface area contributed by atoms with E-state index in [0.717, 1.165) is 23.0 Å². The Morgan fingerprint density at radius 1 is 1.15 bits per heavy atom. The van der Waals surface area contributed by atoms with Crippen molar-refractivity contribution < 1.29 is 23.5 Å². The zero-order chi connectivity index (χ0) is 28.3. The van der Waals surface area contributed by atoms with E-state index in [1.807, 2.05) is 0 Å². The highest BCUT2D eigenvalue weighted by atomic mass is 35.5. The first-order valence-electron chi connectivity index (χ1n) is 11.3. The van der Waals surface area contributed by atoms with E-state index in [2.05, 4.69) is 20.4 Å². The quantitative estimate of drug-likeness (QED) is 0.154. The number of hydrogen-bond donors (Lipinski definition) is 2. The van der Waals surface area contributed by atoms with E-state index in [1.165, 1.54) is 36.6 Å². The molecule has 40 heavy (non-hydrogen) atoms. The number of non-ortho nitro benzene ring substituents is 1. The number of hydrazine groups is 1. The number of nitrogens with one attached hydrogen (secondary N) is 1. The number of phenolic OH excluding ortho intramolecular Hbond substituents is 1. The summed E-state index contributed by atoms with van der Waals surface area (Å²) < 4.78 is 34.2. The summed E-state index contributed by atoms with van der Waals surface area (Å²) in [7, 11) is 1.43. The van der Waals surface area contributed by atoms with Crippen molar-refractivity contribution in [3.05, 3.63) is 73.8 Å². The van der Waals surface area contributed by atoms with E-state index in [9.17, 15) is 24.0 Å². The van der Waals surface area contributed by atoms with Crippen molar-refractivity contribution in [3.63, 3.8) is 0 Å². The summed E-state index contributed by atoms with van der Waals surface area (Å²) in [6.45, 7) is 0. The van der Waals surface area contributed by atoms with Gasteiger partial charge in [-0.15, -0.1) is 0 Å². The largest absolute Gasteiger partial charge is 0.504 e. The summed E-state index contributed by atoms with van der Waals surface area (Å²) in [5.74, 6) is -0.874. The summed E-state index contributed by atoms with van der Waals surface area (Å²) in [5, 5.41) is 23.5. The van der Waals surface area contributed by atoms with Crippen LogP contribution in [0.3, 0.4) is 0 Å². The van der Waals surface area contributed by atoms with Gasteiger partial charge in [-0.3, -0.25) is 20.5 Å². The van der Waals surface area contributed by atoms with Gasteiger partial charge in [0.2, 0.25) is 10.3 Å². The molecular formula is C24H14Cl2F2N6O4S2. The molecule has 1 fully saturated rings. The van der Waals surface area contributed by atoms with Crippen LogP contribution in [-0.2, 0) is 0 Å². The van der Waals surface area contributed by atoms with E-state index in [1.54, 1.807) is 17.1 Å². The molecule has 1 aliphatic rings. The lowest BCUT2D eigenvalue weighted by Gasteiger charge is -2.23. The molecule has 204 valence electrons. The molecular weight excluding hydrogens is 609 g/mol. The van der Waals surface area contributed by atoms with Crippen molar-refractivity contribution in [1.29, 1.82) is 0 Å². The smallest absolute Gasteiger partial charge is 0.299 e. The van der Waals surface area contributed by atoms with Crippen LogP contribution in [0.5, 0.6) is 11.5 Å². The number of aliphatic imine (C=N–C) groups is 1. The van der Waals surface area contributed by atoms with Crippen LogP contribution in [0.1, 0.15) is 18.0 Å². The molecule has 1 saturated heterocycles. The topological polar surface area (TPSA) is 126 Å². The van der Waals surface area contributed by atoms with E-state index < -0.39 is 28.3 Å². The van der Waals surface area contributed by atoms with Crippen LogP contribution >= 0.6 is 45.9 Å². The zero-order valence-corrected chi connectivity index (χ0v) is 23.1. The van der Waals surface area contributed by atoms with Gasteiger partial charge in [0.25, 0.3) is 5.69 Å². The number of rotatable bonds is 5. The minimum atomic E-state index is -0.929. The van der Waals surface area contributed by atoms with Crippen LogP contribution in [-0.4, -0.2) is 32.9 Å². The predicted octanol–water partition coefficient (Wildman–Crippen LogP) is 7.30. The fraction of sp³-hybridized carbons (Fsp3) is 0.125. The van der Waals surface area contributed by atoms with E-state index in [-0.39, 0.29) is 43.3 Å². The fourth-order valence-electron chi connectivity index (χ4n) is 4.28. The van der Waals surface area contributed by atoms with Gasteiger partial charge in [-0.25, -0.2) is 23.7 Å². The Hall–Kier alpha value is -3.85. The Labute approximate surface area is 241 Å². The van der Waals surface area contributed by atoms with Crippen LogP contribution in [0, 0.1) is 21.7 Å². The monoisotopic (exact) mass is 622 g/mol. The van der Waals surface area contributed by atoms with Gasteiger partial charge in [-0.2, -0.15) is 0 Å². The molecule has 5 aromatic rings. The Bertz CT molecular complexity index is 1880. The molecule has 0 aliphatic carbocycles. The minimum absolute atomic E-state index is 0.0416. The summed E-state index contributed by atoms with van der Waals surface area (Å²) >= 11 is 14.3. The predicted molar refractivity (Wildman–Crippen MR) is 151 cm³/mol. The Kier molecular flexibility index (Phi) is 6.57. The number of anilines is 1. The third kappa shape index (κ3) is 4.42. The van der Waals surface area contributed by atoms with Crippen molar-refractivity contribution in [1.82, 2.24) is 15.4 Å². The normalized spacial score (nSPS) is 16.3. The molecule has 6 rings (SSSR count). The van der Waals surface area contributed by atoms with Crippen LogP contribution in [0.25, 0.3) is 20.4 Å². The van der Waals surface area contributed by atoms with Gasteiger partial charge in [0.05, 0.1) is 49.1 Å². The SMILES string of the molecule is COc1cc(C2C/C(=N/c3nc4c([N+](=O)[O-])cc(F)c(Cl)c4s3)NN2c2nc3ccc(F)c(Cl)c3s2)ccc1O. The lowest BCUT2D eigenvalue weighted by molar-refractivity contribution is -0.383. The van der Waals surface area contributed by atoms with Gasteiger partial charge in [0.15, 0.2) is 17.0 Å². The molecule has 16 heteroatoms. The summed E-state index contributed by atoms with van der Waals surface area (Å²) in [5.41, 5.74) is 3.81. The van der Waals surface area contributed by atoms with Crippen molar-refractivity contribution >= 4 is 88.1 Å². The Morgan fingerprint density at radius 2 is 1.93 bits per heavy atom. The lowest BCUT2D eigenvalue weighted by atomic mass is 10.0.